The van der Waals surface area contributed by atoms with E-state index < -0.39 is 0 Å². The summed E-state index contributed by atoms with van der Waals surface area (Å²) in [6, 6.07) is 17.4. The molecule has 8 nitrogen and oxygen atoms in total. The van der Waals surface area contributed by atoms with Gasteiger partial charge >= 0.3 is 0 Å². The van der Waals surface area contributed by atoms with Gasteiger partial charge in [-0.15, -0.1) is 0 Å². The highest BCUT2D eigenvalue weighted by molar-refractivity contribution is 7.80. The first-order valence-corrected chi connectivity index (χ1v) is 17.2. The summed E-state index contributed by atoms with van der Waals surface area (Å²) in [5.41, 5.74) is 6.53. The molecule has 0 unspecified atom stereocenters. The molecular weight excluding hydrogens is 611 g/mol. The molecule has 47 heavy (non-hydrogen) atoms. The maximum atomic E-state index is 6.16. The maximum Gasteiger partial charge on any atom is 0.169 e. The summed E-state index contributed by atoms with van der Waals surface area (Å²) < 4.78 is 28.3. The Labute approximate surface area is 285 Å². The third kappa shape index (κ3) is 6.70. The number of hydrogen-bond donors (Lipinski definition) is 1. The van der Waals surface area contributed by atoms with E-state index in [-0.39, 0.29) is 6.04 Å². The van der Waals surface area contributed by atoms with Crippen molar-refractivity contribution in [2.24, 2.45) is 11.8 Å². The Morgan fingerprint density at radius 2 is 1.36 bits per heavy atom. The van der Waals surface area contributed by atoms with Gasteiger partial charge in [0.05, 0.1) is 41.6 Å². The number of ether oxygens (including phenoxy) is 5. The fourth-order valence-corrected chi connectivity index (χ4v) is 8.38. The summed E-state index contributed by atoms with van der Waals surface area (Å²) in [5, 5.41) is 4.38. The zero-order valence-electron chi connectivity index (χ0n) is 28.6. The largest absolute Gasteiger partial charge is 0.497 e. The van der Waals surface area contributed by atoms with Gasteiger partial charge in [0.2, 0.25) is 0 Å². The summed E-state index contributed by atoms with van der Waals surface area (Å²) in [6.45, 7) is 6.03. The lowest BCUT2D eigenvalue weighted by molar-refractivity contribution is 0.0376. The van der Waals surface area contributed by atoms with Crippen LogP contribution < -0.4 is 29.0 Å². The van der Waals surface area contributed by atoms with Gasteiger partial charge in [0.25, 0.3) is 0 Å². The van der Waals surface area contributed by atoms with Crippen molar-refractivity contribution in [1.82, 2.24) is 15.1 Å². The lowest BCUT2D eigenvalue weighted by atomic mass is 9.72. The summed E-state index contributed by atoms with van der Waals surface area (Å²) in [7, 11) is 8.56. The SMILES string of the molecule is CC[C@H]1CN2CCc3cc(OC)c(OC)cc3[C@@H]2C[C@@H]1C[C@@H]1c2cc(OC)c(OC)cc2CCN1C(=S)NCc1ccc(OC)cc1. The van der Waals surface area contributed by atoms with Crippen molar-refractivity contribution in [2.75, 3.05) is 55.2 Å². The molecule has 3 aliphatic rings. The summed E-state index contributed by atoms with van der Waals surface area (Å²) in [6.07, 6.45) is 5.19. The number of methoxy groups -OCH3 is 5. The van der Waals surface area contributed by atoms with Gasteiger partial charge < -0.3 is 33.9 Å². The zero-order valence-corrected chi connectivity index (χ0v) is 29.5. The predicted octanol–water partition coefficient (Wildman–Crippen LogP) is 6.74. The second-order valence-corrected chi connectivity index (χ2v) is 13.3. The lowest BCUT2D eigenvalue weighted by Gasteiger charge is -2.49. The molecule has 0 aliphatic carbocycles. The molecule has 0 bridgehead atoms. The van der Waals surface area contributed by atoms with E-state index in [2.05, 4.69) is 58.4 Å². The van der Waals surface area contributed by atoms with Crippen molar-refractivity contribution in [3.63, 3.8) is 0 Å². The number of piperidine rings is 1. The van der Waals surface area contributed by atoms with Crippen molar-refractivity contribution in [1.29, 1.82) is 0 Å². The molecule has 0 radical (unpaired) electrons. The average Bonchev–Trinajstić information content (AvgIpc) is 3.12. The van der Waals surface area contributed by atoms with E-state index >= 15 is 0 Å². The molecule has 0 saturated carbocycles. The molecule has 9 heteroatoms. The summed E-state index contributed by atoms with van der Waals surface area (Å²) in [5.74, 6) is 5.12. The second kappa shape index (κ2) is 14.6. The molecule has 3 aliphatic heterocycles. The Bertz CT molecular complexity index is 1560. The molecule has 6 rings (SSSR count). The lowest BCUT2D eigenvalue weighted by Crippen LogP contribution is -2.49. The number of rotatable bonds is 10. The average molecular weight is 660 g/mol. The van der Waals surface area contributed by atoms with Crippen LogP contribution in [0.1, 0.15) is 66.1 Å². The van der Waals surface area contributed by atoms with Crippen LogP contribution in [0.15, 0.2) is 48.5 Å². The van der Waals surface area contributed by atoms with Crippen molar-refractivity contribution in [3.8, 4) is 28.7 Å². The third-order valence-corrected chi connectivity index (χ3v) is 11.1. The molecule has 0 aromatic heterocycles. The van der Waals surface area contributed by atoms with Gasteiger partial charge in [-0.2, -0.15) is 0 Å². The topological polar surface area (TPSA) is 64.7 Å². The Morgan fingerprint density at radius 3 is 1.98 bits per heavy atom. The fraction of sp³-hybridized carbons (Fsp3) is 0.500. The first-order chi connectivity index (χ1) is 22.9. The minimum atomic E-state index is 0.119. The quantitative estimate of drug-likeness (QED) is 0.239. The normalized spacial score (nSPS) is 22.0. The van der Waals surface area contributed by atoms with E-state index in [4.69, 9.17) is 35.9 Å². The second-order valence-electron chi connectivity index (χ2n) is 12.9. The van der Waals surface area contributed by atoms with Gasteiger partial charge in [0.15, 0.2) is 28.1 Å². The van der Waals surface area contributed by atoms with E-state index in [1.807, 2.05) is 12.1 Å². The third-order valence-electron chi connectivity index (χ3n) is 10.7. The number of hydrogen-bond acceptors (Lipinski definition) is 7. The van der Waals surface area contributed by atoms with Gasteiger partial charge in [-0.25, -0.2) is 0 Å². The molecular formula is C38H49N3O5S. The molecule has 1 fully saturated rings. The fourth-order valence-electron chi connectivity index (χ4n) is 8.09. The highest BCUT2D eigenvalue weighted by Crippen LogP contribution is 2.49. The number of fused-ring (bicyclic) bond motifs is 4. The molecule has 0 amide bonds. The van der Waals surface area contributed by atoms with E-state index in [9.17, 15) is 0 Å². The standard InChI is InChI=1S/C38H49N3O5S/c1-7-25-23-40-14-12-26-18-34(43-3)36(45-5)20-30(26)32(40)16-28(25)17-33-31-21-37(46-6)35(44-4)19-27(31)13-15-41(33)38(47)39-22-24-8-10-29(42-2)11-9-24/h8-11,18-21,25,28,32-33H,7,12-17,22-23H2,1-6H3,(H,39,47)/t25-,28+,32-,33+/m0/s1. The molecule has 4 atom stereocenters. The van der Waals surface area contributed by atoms with E-state index in [0.29, 0.717) is 24.4 Å². The highest BCUT2D eigenvalue weighted by Gasteiger charge is 2.41. The Balaban J connectivity index is 1.31. The number of nitrogens with zero attached hydrogens (tertiary/aromatic N) is 2. The monoisotopic (exact) mass is 659 g/mol. The Morgan fingerprint density at radius 1 is 0.766 bits per heavy atom. The molecule has 3 aromatic rings. The molecule has 0 spiro atoms. The first-order valence-electron chi connectivity index (χ1n) is 16.8. The van der Waals surface area contributed by atoms with Crippen LogP contribution in [0.25, 0.3) is 0 Å². The van der Waals surface area contributed by atoms with Crippen LogP contribution in [0, 0.1) is 11.8 Å². The number of benzene rings is 3. The van der Waals surface area contributed by atoms with E-state index in [1.165, 1.54) is 22.3 Å². The number of thiocarbonyl (C=S) groups is 1. The molecule has 252 valence electrons. The number of nitrogens with one attached hydrogen (secondary N) is 1. The van der Waals surface area contributed by atoms with Crippen LogP contribution in [-0.4, -0.2) is 70.1 Å². The Kier molecular flexibility index (Phi) is 10.3. The molecule has 3 aromatic carbocycles. The smallest absolute Gasteiger partial charge is 0.169 e. The predicted molar refractivity (Wildman–Crippen MR) is 189 cm³/mol. The van der Waals surface area contributed by atoms with Gasteiger partial charge in [-0.05, 0) is 114 Å². The molecule has 3 heterocycles. The van der Waals surface area contributed by atoms with Crippen LogP contribution in [0.4, 0.5) is 0 Å². The highest BCUT2D eigenvalue weighted by atomic mass is 32.1. The van der Waals surface area contributed by atoms with E-state index in [0.717, 1.165) is 91.2 Å². The minimum absolute atomic E-state index is 0.119. The van der Waals surface area contributed by atoms with Crippen molar-refractivity contribution in [3.05, 3.63) is 76.3 Å². The summed E-state index contributed by atoms with van der Waals surface area (Å²) >= 11 is 6.16. The zero-order chi connectivity index (χ0) is 33.1. The van der Waals surface area contributed by atoms with Crippen LogP contribution in [0.3, 0.4) is 0 Å². The van der Waals surface area contributed by atoms with Crippen molar-refractivity contribution >= 4 is 17.3 Å². The van der Waals surface area contributed by atoms with Crippen molar-refractivity contribution < 1.29 is 23.7 Å². The molecule has 1 saturated heterocycles. The van der Waals surface area contributed by atoms with Crippen LogP contribution in [0.5, 0.6) is 28.7 Å². The molecule has 1 N–H and O–H groups in total. The van der Waals surface area contributed by atoms with Crippen molar-refractivity contribution in [2.45, 2.75) is 57.7 Å². The first kappa shape index (κ1) is 33.2. The van der Waals surface area contributed by atoms with E-state index in [1.54, 1.807) is 35.5 Å². The van der Waals surface area contributed by atoms with Crippen LogP contribution in [0.2, 0.25) is 0 Å². The van der Waals surface area contributed by atoms with Gasteiger partial charge in [-0.3, -0.25) is 4.90 Å². The van der Waals surface area contributed by atoms with Gasteiger partial charge in [0, 0.05) is 32.2 Å². The van der Waals surface area contributed by atoms with Gasteiger partial charge in [0.1, 0.15) is 5.75 Å². The van der Waals surface area contributed by atoms with Crippen LogP contribution >= 0.6 is 12.2 Å². The Hall–Kier alpha value is -3.69. The van der Waals surface area contributed by atoms with Gasteiger partial charge in [-0.1, -0.05) is 25.5 Å². The maximum absolute atomic E-state index is 6.16. The minimum Gasteiger partial charge on any atom is -0.497 e. The van der Waals surface area contributed by atoms with Crippen LogP contribution in [-0.2, 0) is 19.4 Å². The summed E-state index contributed by atoms with van der Waals surface area (Å²) in [4.78, 5) is 5.13.